The van der Waals surface area contributed by atoms with Gasteiger partial charge in [0.1, 0.15) is 16.5 Å². The van der Waals surface area contributed by atoms with Gasteiger partial charge < -0.3 is 5.32 Å². The Morgan fingerprint density at radius 3 is 2.79 bits per heavy atom. The molecule has 1 N–H and O–H groups in total. The lowest BCUT2D eigenvalue weighted by molar-refractivity contribution is -0.384. The van der Waals surface area contributed by atoms with Crippen molar-refractivity contribution in [3.63, 3.8) is 0 Å². The van der Waals surface area contributed by atoms with Crippen LogP contribution in [0.25, 0.3) is 11.8 Å². The van der Waals surface area contributed by atoms with Gasteiger partial charge in [0, 0.05) is 17.8 Å². The molecule has 142 valence electrons. The van der Waals surface area contributed by atoms with Crippen molar-refractivity contribution >= 4 is 35.0 Å². The molecule has 1 heterocycles. The van der Waals surface area contributed by atoms with E-state index in [0.29, 0.717) is 17.1 Å². The van der Waals surface area contributed by atoms with Gasteiger partial charge in [0.25, 0.3) is 5.69 Å². The number of nitro benzene ring substituents is 1. The minimum atomic E-state index is -0.610. The molecule has 0 fully saturated rings. The van der Waals surface area contributed by atoms with Crippen molar-refractivity contribution in [3.05, 3.63) is 74.8 Å². The van der Waals surface area contributed by atoms with Crippen LogP contribution in [0.1, 0.15) is 11.4 Å². The summed E-state index contributed by atoms with van der Waals surface area (Å²) >= 11 is 5.75. The largest absolute Gasteiger partial charge is 0.322 e. The van der Waals surface area contributed by atoms with Crippen LogP contribution in [0.4, 0.5) is 15.8 Å². The van der Waals surface area contributed by atoms with Crippen LogP contribution in [-0.4, -0.2) is 31.0 Å². The van der Waals surface area contributed by atoms with E-state index in [1.54, 1.807) is 6.92 Å². The molecule has 0 unspecified atom stereocenters. The number of carbonyl (C=O) groups excluding carboxylic acids is 1. The van der Waals surface area contributed by atoms with Gasteiger partial charge in [-0.3, -0.25) is 14.9 Å². The average Bonchev–Trinajstić information content (AvgIpc) is 3.08. The Labute approximate surface area is 162 Å². The number of aryl methyl sites for hydroxylation is 1. The summed E-state index contributed by atoms with van der Waals surface area (Å²) in [6, 6.07) is 8.11. The molecule has 0 aliphatic heterocycles. The van der Waals surface area contributed by atoms with Gasteiger partial charge >= 0.3 is 0 Å². The van der Waals surface area contributed by atoms with E-state index in [-0.39, 0.29) is 16.4 Å². The molecule has 28 heavy (non-hydrogen) atoms. The number of anilines is 1. The fourth-order valence-corrected chi connectivity index (χ4v) is 2.52. The zero-order valence-electron chi connectivity index (χ0n) is 14.3. The highest BCUT2D eigenvalue weighted by molar-refractivity contribution is 6.32. The zero-order valence-corrected chi connectivity index (χ0v) is 15.1. The van der Waals surface area contributed by atoms with Crippen molar-refractivity contribution in [2.45, 2.75) is 6.92 Å². The quantitative estimate of drug-likeness (QED) is 0.397. The molecule has 3 aromatic rings. The van der Waals surface area contributed by atoms with E-state index in [0.717, 1.165) is 0 Å². The van der Waals surface area contributed by atoms with Crippen molar-refractivity contribution in [3.8, 4) is 5.69 Å². The van der Waals surface area contributed by atoms with Crippen LogP contribution in [0.2, 0.25) is 5.02 Å². The third-order valence-corrected chi connectivity index (χ3v) is 3.98. The molecule has 0 aliphatic carbocycles. The van der Waals surface area contributed by atoms with Gasteiger partial charge in [0.15, 0.2) is 5.82 Å². The minimum Gasteiger partial charge on any atom is -0.322 e. The number of nitrogens with zero attached hydrogens (tertiary/aromatic N) is 5. The number of nitrogens with one attached hydrogen (secondary N) is 1. The van der Waals surface area contributed by atoms with Gasteiger partial charge in [0.2, 0.25) is 5.91 Å². The van der Waals surface area contributed by atoms with Gasteiger partial charge in [-0.1, -0.05) is 17.7 Å². The maximum Gasteiger partial charge on any atom is 0.288 e. The van der Waals surface area contributed by atoms with Crippen LogP contribution >= 0.6 is 11.6 Å². The van der Waals surface area contributed by atoms with E-state index in [1.807, 2.05) is 0 Å². The molecule has 0 saturated heterocycles. The molecule has 0 atom stereocenters. The van der Waals surface area contributed by atoms with Crippen LogP contribution in [0.5, 0.6) is 0 Å². The number of tetrazole rings is 1. The van der Waals surface area contributed by atoms with Crippen LogP contribution in [0.3, 0.4) is 0 Å². The molecule has 1 aromatic heterocycles. The lowest BCUT2D eigenvalue weighted by Gasteiger charge is -2.07. The number of carbonyl (C=O) groups is 1. The topological polar surface area (TPSA) is 116 Å². The summed E-state index contributed by atoms with van der Waals surface area (Å²) in [6.45, 7) is 1.61. The van der Waals surface area contributed by atoms with E-state index >= 15 is 0 Å². The molecule has 0 spiro atoms. The Morgan fingerprint density at radius 1 is 1.32 bits per heavy atom. The lowest BCUT2D eigenvalue weighted by atomic mass is 10.2. The monoisotopic (exact) mass is 402 g/mol. The van der Waals surface area contributed by atoms with E-state index in [1.165, 1.54) is 53.2 Å². The lowest BCUT2D eigenvalue weighted by Crippen LogP contribution is -2.09. The third kappa shape index (κ3) is 4.18. The van der Waals surface area contributed by atoms with E-state index in [4.69, 9.17) is 11.6 Å². The normalized spacial score (nSPS) is 11.0. The summed E-state index contributed by atoms with van der Waals surface area (Å²) in [4.78, 5) is 22.4. The first-order valence-electron chi connectivity index (χ1n) is 7.83. The molecule has 1 amide bonds. The Bertz CT molecular complexity index is 1100. The number of amides is 1. The summed E-state index contributed by atoms with van der Waals surface area (Å²) in [7, 11) is 0. The summed E-state index contributed by atoms with van der Waals surface area (Å²) in [5.74, 6) is -0.687. The van der Waals surface area contributed by atoms with Gasteiger partial charge in [0.05, 0.1) is 4.92 Å². The maximum atomic E-state index is 14.0. The van der Waals surface area contributed by atoms with Crippen molar-refractivity contribution < 1.29 is 14.1 Å². The molecule has 2 aromatic carbocycles. The number of rotatable bonds is 5. The zero-order chi connectivity index (χ0) is 20.3. The summed E-state index contributed by atoms with van der Waals surface area (Å²) in [5, 5.41) is 24.3. The van der Waals surface area contributed by atoms with Crippen LogP contribution < -0.4 is 5.32 Å². The number of hydrogen-bond acceptors (Lipinski definition) is 6. The first kappa shape index (κ1) is 19.1. The number of nitro groups is 1. The Balaban J connectivity index is 1.77. The molecule has 9 nitrogen and oxygen atoms in total. The average molecular weight is 403 g/mol. The van der Waals surface area contributed by atoms with E-state index < -0.39 is 16.6 Å². The van der Waals surface area contributed by atoms with E-state index in [2.05, 4.69) is 20.8 Å². The van der Waals surface area contributed by atoms with Gasteiger partial charge in [-0.25, -0.2) is 4.39 Å². The molecular weight excluding hydrogens is 391 g/mol. The molecule has 0 radical (unpaired) electrons. The second-order valence-corrected chi connectivity index (χ2v) is 6.00. The predicted molar refractivity (Wildman–Crippen MR) is 99.6 cm³/mol. The Kier molecular flexibility index (Phi) is 5.41. The molecule has 11 heteroatoms. The summed E-state index contributed by atoms with van der Waals surface area (Å²) in [6.07, 6.45) is 2.59. The molecule has 0 saturated carbocycles. The number of halogens is 2. The minimum absolute atomic E-state index is 0.00309. The number of hydrogen-bond donors (Lipinski definition) is 1. The first-order valence-corrected chi connectivity index (χ1v) is 8.21. The summed E-state index contributed by atoms with van der Waals surface area (Å²) in [5.41, 5.74) is 0.570. The van der Waals surface area contributed by atoms with Crippen molar-refractivity contribution in [1.82, 2.24) is 20.2 Å². The number of benzene rings is 2. The van der Waals surface area contributed by atoms with Crippen molar-refractivity contribution in [2.24, 2.45) is 0 Å². The standard InChI is InChI=1S/C17H12ClFN6O3/c1-10-21-22-23-24(10)16-9-12(4-6-14(16)19)20-17(26)7-3-11-2-5-13(18)15(8-11)25(27)28/h2-9H,1H3,(H,20,26)/b7-3+. The van der Waals surface area contributed by atoms with E-state index in [9.17, 15) is 19.3 Å². The highest BCUT2D eigenvalue weighted by atomic mass is 35.5. The number of aromatic nitrogens is 4. The van der Waals surface area contributed by atoms with Crippen molar-refractivity contribution in [1.29, 1.82) is 0 Å². The maximum absolute atomic E-state index is 14.0. The molecule has 3 rings (SSSR count). The van der Waals surface area contributed by atoms with Crippen LogP contribution in [-0.2, 0) is 4.79 Å². The Hall–Kier alpha value is -3.66. The van der Waals surface area contributed by atoms with Gasteiger partial charge in [-0.15, -0.1) is 5.10 Å². The van der Waals surface area contributed by atoms with Gasteiger partial charge in [-0.05, 0) is 53.3 Å². The third-order valence-electron chi connectivity index (χ3n) is 3.66. The highest BCUT2D eigenvalue weighted by Gasteiger charge is 2.13. The highest BCUT2D eigenvalue weighted by Crippen LogP contribution is 2.25. The Morgan fingerprint density at radius 2 is 2.11 bits per heavy atom. The SMILES string of the molecule is Cc1nnnn1-c1cc(NC(=O)/C=C/c2ccc(Cl)c([N+](=O)[O-])c2)ccc1F. The molecule has 0 aliphatic rings. The van der Waals surface area contributed by atoms with Crippen LogP contribution in [0, 0.1) is 22.9 Å². The first-order chi connectivity index (χ1) is 13.3. The fraction of sp³-hybridized carbons (Fsp3) is 0.0588. The molecule has 0 bridgehead atoms. The second-order valence-electron chi connectivity index (χ2n) is 5.59. The predicted octanol–water partition coefficient (Wildman–Crippen LogP) is 3.32. The summed E-state index contributed by atoms with van der Waals surface area (Å²) < 4.78 is 15.2. The second kappa shape index (κ2) is 7.92. The fourth-order valence-electron chi connectivity index (χ4n) is 2.34. The van der Waals surface area contributed by atoms with Gasteiger partial charge in [-0.2, -0.15) is 4.68 Å². The van der Waals surface area contributed by atoms with Crippen molar-refractivity contribution in [2.75, 3.05) is 5.32 Å². The van der Waals surface area contributed by atoms with Crippen LogP contribution in [0.15, 0.2) is 42.5 Å². The molecular formula is C17H12ClFN6O3. The smallest absolute Gasteiger partial charge is 0.288 e.